The lowest BCUT2D eigenvalue weighted by Crippen LogP contribution is -2.42. The Morgan fingerprint density at radius 1 is 1.15 bits per heavy atom. The summed E-state index contributed by atoms with van der Waals surface area (Å²) >= 11 is 0. The van der Waals surface area contributed by atoms with Gasteiger partial charge in [-0.25, -0.2) is 4.79 Å². The number of rotatable bonds is 7. The summed E-state index contributed by atoms with van der Waals surface area (Å²) in [5, 5.41) is 0. The maximum absolute atomic E-state index is 13.5. The van der Waals surface area contributed by atoms with E-state index in [-0.39, 0.29) is 41.6 Å². The van der Waals surface area contributed by atoms with E-state index in [1.54, 1.807) is 41.9 Å². The zero-order valence-electron chi connectivity index (χ0n) is 19.9. The maximum Gasteiger partial charge on any atom is 0.332 e. The van der Waals surface area contributed by atoms with Gasteiger partial charge >= 0.3 is 5.69 Å². The summed E-state index contributed by atoms with van der Waals surface area (Å²) in [5.41, 5.74) is 7.05. The molecule has 2 N–H and O–H groups in total. The van der Waals surface area contributed by atoms with Crippen molar-refractivity contribution >= 4 is 16.9 Å². The van der Waals surface area contributed by atoms with Crippen molar-refractivity contribution in [1.82, 2.24) is 18.7 Å². The molecule has 0 bridgehead atoms. The van der Waals surface area contributed by atoms with Crippen molar-refractivity contribution in [2.45, 2.75) is 64.8 Å². The molecule has 0 spiro atoms. The molecule has 1 aromatic carbocycles. The summed E-state index contributed by atoms with van der Waals surface area (Å²) < 4.78 is 10.2. The molecule has 0 radical (unpaired) electrons. The van der Waals surface area contributed by atoms with E-state index < -0.39 is 11.2 Å². The van der Waals surface area contributed by atoms with Crippen LogP contribution in [0.5, 0.6) is 6.01 Å². The summed E-state index contributed by atoms with van der Waals surface area (Å²) in [6, 6.07) is 8.75. The molecule has 1 saturated carbocycles. The molecule has 0 amide bonds. The van der Waals surface area contributed by atoms with Crippen molar-refractivity contribution in [2.24, 2.45) is 12.8 Å². The van der Waals surface area contributed by atoms with Crippen molar-refractivity contribution in [3.8, 4) is 6.01 Å². The largest absolute Gasteiger partial charge is 0.460 e. The maximum atomic E-state index is 13.5. The Morgan fingerprint density at radius 2 is 1.85 bits per heavy atom. The lowest BCUT2D eigenvalue weighted by molar-refractivity contribution is 0.0969. The highest BCUT2D eigenvalue weighted by atomic mass is 16.5. The van der Waals surface area contributed by atoms with Gasteiger partial charge < -0.3 is 10.5 Å². The molecule has 9 nitrogen and oxygen atoms in total. The van der Waals surface area contributed by atoms with E-state index in [0.29, 0.717) is 12.1 Å². The van der Waals surface area contributed by atoms with E-state index >= 15 is 0 Å². The predicted molar refractivity (Wildman–Crippen MR) is 130 cm³/mol. The van der Waals surface area contributed by atoms with Gasteiger partial charge in [-0.05, 0) is 33.1 Å². The van der Waals surface area contributed by atoms with Crippen LogP contribution in [0.4, 0.5) is 0 Å². The second kappa shape index (κ2) is 9.80. The fourth-order valence-electron chi connectivity index (χ4n) is 4.29. The molecule has 34 heavy (non-hydrogen) atoms. The Bertz CT molecular complexity index is 1350. The number of imidazole rings is 1. The third kappa shape index (κ3) is 4.61. The van der Waals surface area contributed by atoms with Gasteiger partial charge in [0.2, 0.25) is 0 Å². The molecule has 180 valence electrons. The average molecular weight is 466 g/mol. The fraction of sp³-hybridized carbons (Fsp3) is 0.440. The van der Waals surface area contributed by atoms with Crippen molar-refractivity contribution < 1.29 is 9.53 Å². The van der Waals surface area contributed by atoms with Gasteiger partial charge in [-0.15, -0.1) is 0 Å². The van der Waals surface area contributed by atoms with E-state index in [0.717, 1.165) is 35.8 Å². The van der Waals surface area contributed by atoms with Crippen LogP contribution in [-0.2, 0) is 20.1 Å². The molecule has 1 fully saturated rings. The molecule has 1 aliphatic carbocycles. The minimum atomic E-state index is -0.602. The Hall–Kier alpha value is -3.46. The zero-order chi connectivity index (χ0) is 24.4. The summed E-state index contributed by atoms with van der Waals surface area (Å²) in [4.78, 5) is 43.9. The summed E-state index contributed by atoms with van der Waals surface area (Å²) in [6.07, 6.45) is 5.49. The molecule has 0 saturated heterocycles. The minimum absolute atomic E-state index is 0.116. The number of hydrogen-bond donors (Lipinski definition) is 1. The number of aromatic nitrogens is 4. The molecule has 2 aromatic heterocycles. The summed E-state index contributed by atoms with van der Waals surface area (Å²) in [5.74, 6) is -0.320. The van der Waals surface area contributed by atoms with Crippen LogP contribution in [0.3, 0.4) is 0 Å². The standard InChI is InChI=1S/C25H31N5O4/c1-16(2)13-14-29-21-22(27-24(29)34-20-12-8-7-11-18(20)26)28(3)25(33)30(23(21)32)15-19(31)17-9-5-4-6-10-17/h4-6,9-10,13,18,20H,7-8,11-12,14-15,26H2,1-3H3/t18-,20+/m0/s1. The first-order valence-electron chi connectivity index (χ1n) is 11.6. The normalized spacial score (nSPS) is 18.1. The van der Waals surface area contributed by atoms with Crippen LogP contribution in [0.2, 0.25) is 0 Å². The van der Waals surface area contributed by atoms with Crippen LogP contribution in [0.25, 0.3) is 11.2 Å². The van der Waals surface area contributed by atoms with Crippen LogP contribution < -0.4 is 21.7 Å². The number of benzene rings is 1. The number of ketones is 1. The molecule has 0 aliphatic heterocycles. The zero-order valence-corrected chi connectivity index (χ0v) is 19.9. The van der Waals surface area contributed by atoms with E-state index in [9.17, 15) is 14.4 Å². The van der Waals surface area contributed by atoms with Crippen molar-refractivity contribution in [1.29, 1.82) is 0 Å². The minimum Gasteiger partial charge on any atom is -0.460 e. The van der Waals surface area contributed by atoms with Crippen molar-refractivity contribution in [2.75, 3.05) is 0 Å². The van der Waals surface area contributed by atoms with Gasteiger partial charge in [0.25, 0.3) is 11.6 Å². The van der Waals surface area contributed by atoms with Crippen LogP contribution in [0.1, 0.15) is 49.9 Å². The quantitative estimate of drug-likeness (QED) is 0.423. The first-order valence-corrected chi connectivity index (χ1v) is 11.6. The number of fused-ring (bicyclic) bond motifs is 1. The number of ether oxygens (including phenoxy) is 1. The Labute approximate surface area is 197 Å². The third-order valence-electron chi connectivity index (χ3n) is 6.29. The summed E-state index contributed by atoms with van der Waals surface area (Å²) in [7, 11) is 1.54. The third-order valence-corrected chi connectivity index (χ3v) is 6.29. The van der Waals surface area contributed by atoms with Gasteiger partial charge in [0.15, 0.2) is 16.9 Å². The lowest BCUT2D eigenvalue weighted by Gasteiger charge is -2.28. The molecule has 0 unspecified atom stereocenters. The smallest absolute Gasteiger partial charge is 0.332 e. The Morgan fingerprint density at radius 3 is 2.53 bits per heavy atom. The first kappa shape index (κ1) is 23.7. The van der Waals surface area contributed by atoms with Crippen LogP contribution >= 0.6 is 0 Å². The molecular weight excluding hydrogens is 434 g/mol. The SMILES string of the molecule is CC(C)=CCn1c(O[C@@H]2CCCC[C@@H]2N)nc2c1c(=O)n(CC(=O)c1ccccc1)c(=O)n2C. The number of nitrogens with zero attached hydrogens (tertiary/aromatic N) is 4. The van der Waals surface area contributed by atoms with Crippen molar-refractivity contribution in [3.63, 3.8) is 0 Å². The number of hydrogen-bond acceptors (Lipinski definition) is 6. The fourth-order valence-corrected chi connectivity index (χ4v) is 4.29. The van der Waals surface area contributed by atoms with Gasteiger partial charge in [0.05, 0.1) is 6.54 Å². The summed E-state index contributed by atoms with van der Waals surface area (Å²) in [6.45, 7) is 3.91. The second-order valence-corrected chi connectivity index (χ2v) is 9.09. The van der Waals surface area contributed by atoms with Gasteiger partial charge in [-0.1, -0.05) is 48.4 Å². The highest BCUT2D eigenvalue weighted by Crippen LogP contribution is 2.25. The van der Waals surface area contributed by atoms with E-state index in [4.69, 9.17) is 10.5 Å². The second-order valence-electron chi connectivity index (χ2n) is 9.09. The Kier molecular flexibility index (Phi) is 6.83. The predicted octanol–water partition coefficient (Wildman–Crippen LogP) is 2.39. The van der Waals surface area contributed by atoms with Gasteiger partial charge in [0.1, 0.15) is 6.10 Å². The van der Waals surface area contributed by atoms with Crippen LogP contribution in [-0.4, -0.2) is 36.6 Å². The van der Waals surface area contributed by atoms with Crippen LogP contribution in [0, 0.1) is 0 Å². The highest BCUT2D eigenvalue weighted by molar-refractivity contribution is 5.95. The molecule has 9 heteroatoms. The molecule has 2 atom stereocenters. The molecule has 3 aromatic rings. The van der Waals surface area contributed by atoms with Crippen LogP contribution in [0.15, 0.2) is 51.6 Å². The van der Waals surface area contributed by atoms with Gasteiger partial charge in [-0.2, -0.15) is 4.98 Å². The average Bonchev–Trinajstić information content (AvgIpc) is 3.19. The number of nitrogens with two attached hydrogens (primary N) is 1. The Balaban J connectivity index is 1.84. The number of carbonyl (C=O) groups is 1. The first-order chi connectivity index (χ1) is 16.3. The topological polar surface area (TPSA) is 114 Å². The van der Waals surface area contributed by atoms with E-state index in [1.807, 2.05) is 19.9 Å². The number of Topliss-reactive ketones (excluding diaryl/α,β-unsaturated/α-hetero) is 1. The molecule has 2 heterocycles. The molecular formula is C25H31N5O4. The molecule has 1 aliphatic rings. The highest BCUT2D eigenvalue weighted by Gasteiger charge is 2.28. The monoisotopic (exact) mass is 465 g/mol. The lowest BCUT2D eigenvalue weighted by atomic mass is 9.93. The van der Waals surface area contributed by atoms with Gasteiger partial charge in [0, 0.05) is 25.2 Å². The van der Waals surface area contributed by atoms with Crippen molar-refractivity contribution in [3.05, 3.63) is 68.4 Å². The number of aryl methyl sites for hydroxylation is 1. The van der Waals surface area contributed by atoms with Gasteiger partial charge in [-0.3, -0.25) is 23.3 Å². The van der Waals surface area contributed by atoms with E-state index in [2.05, 4.69) is 4.98 Å². The van der Waals surface area contributed by atoms with E-state index in [1.165, 1.54) is 4.57 Å². The molecule has 4 rings (SSSR count). The number of carbonyl (C=O) groups excluding carboxylic acids is 1. The number of allylic oxidation sites excluding steroid dienone is 2.